The zero-order chi connectivity index (χ0) is 12.3. The van der Waals surface area contributed by atoms with Crippen LogP contribution in [0.25, 0.3) is 0 Å². The summed E-state index contributed by atoms with van der Waals surface area (Å²) in [5, 5.41) is 2.10. The molecule has 0 saturated carbocycles. The molecule has 5 heteroatoms. The predicted molar refractivity (Wildman–Crippen MR) is 70.0 cm³/mol. The fourth-order valence-corrected chi connectivity index (χ4v) is 2.30. The van der Waals surface area contributed by atoms with Gasteiger partial charge in [0, 0.05) is 36.9 Å². The summed E-state index contributed by atoms with van der Waals surface area (Å²) >= 11 is 1.65. The zero-order valence-electron chi connectivity index (χ0n) is 10.5. The van der Waals surface area contributed by atoms with Crippen molar-refractivity contribution in [1.29, 1.82) is 0 Å². The van der Waals surface area contributed by atoms with E-state index < -0.39 is 0 Å². The minimum atomic E-state index is 0.463. The largest absolute Gasteiger partial charge is 0.334 e. The third kappa shape index (κ3) is 3.14. The summed E-state index contributed by atoms with van der Waals surface area (Å²) in [6, 6.07) is 0.463. The van der Waals surface area contributed by atoms with Crippen LogP contribution >= 0.6 is 11.3 Å². The SMILES string of the molecule is Cc1nccn1CC(C)N(C)Cc1cscn1. The van der Waals surface area contributed by atoms with Gasteiger partial charge >= 0.3 is 0 Å². The number of rotatable bonds is 5. The highest BCUT2D eigenvalue weighted by atomic mass is 32.1. The molecule has 2 heterocycles. The van der Waals surface area contributed by atoms with E-state index in [1.807, 2.05) is 24.8 Å². The van der Waals surface area contributed by atoms with Crippen LogP contribution in [0.5, 0.6) is 0 Å². The molecule has 0 aliphatic heterocycles. The van der Waals surface area contributed by atoms with Crippen molar-refractivity contribution in [3.8, 4) is 0 Å². The van der Waals surface area contributed by atoms with Crippen molar-refractivity contribution in [2.45, 2.75) is 33.0 Å². The van der Waals surface area contributed by atoms with Gasteiger partial charge in [-0.3, -0.25) is 4.90 Å². The lowest BCUT2D eigenvalue weighted by Crippen LogP contribution is -2.32. The summed E-state index contributed by atoms with van der Waals surface area (Å²) in [6.07, 6.45) is 3.88. The Kier molecular flexibility index (Phi) is 3.91. The molecule has 4 nitrogen and oxygen atoms in total. The topological polar surface area (TPSA) is 34.0 Å². The Morgan fingerprint density at radius 3 is 2.88 bits per heavy atom. The number of nitrogens with zero attached hydrogens (tertiary/aromatic N) is 4. The minimum Gasteiger partial charge on any atom is -0.334 e. The molecule has 1 unspecified atom stereocenters. The molecule has 0 bridgehead atoms. The van der Waals surface area contributed by atoms with E-state index in [2.05, 4.69) is 38.8 Å². The molecule has 1 atom stereocenters. The van der Waals surface area contributed by atoms with Gasteiger partial charge in [0.15, 0.2) is 0 Å². The fourth-order valence-electron chi connectivity index (χ4n) is 1.75. The summed E-state index contributed by atoms with van der Waals surface area (Å²) in [5.41, 5.74) is 3.03. The van der Waals surface area contributed by atoms with Gasteiger partial charge in [0.1, 0.15) is 5.82 Å². The molecular weight excluding hydrogens is 232 g/mol. The number of thiazole rings is 1. The van der Waals surface area contributed by atoms with E-state index in [4.69, 9.17) is 0 Å². The quantitative estimate of drug-likeness (QED) is 0.815. The third-order valence-corrected chi connectivity index (χ3v) is 3.67. The molecule has 0 amide bonds. The average Bonchev–Trinajstić information content (AvgIpc) is 2.91. The lowest BCUT2D eigenvalue weighted by atomic mass is 10.2. The van der Waals surface area contributed by atoms with Crippen molar-refractivity contribution < 1.29 is 0 Å². The molecular formula is C12H18N4S. The molecule has 0 N–H and O–H groups in total. The Morgan fingerprint density at radius 1 is 1.47 bits per heavy atom. The molecule has 17 heavy (non-hydrogen) atoms. The monoisotopic (exact) mass is 250 g/mol. The van der Waals surface area contributed by atoms with Gasteiger partial charge < -0.3 is 4.57 Å². The number of imidazole rings is 1. The van der Waals surface area contributed by atoms with Crippen LogP contribution in [0.3, 0.4) is 0 Å². The second-order valence-electron chi connectivity index (χ2n) is 4.37. The normalized spacial score (nSPS) is 13.2. The van der Waals surface area contributed by atoms with Crippen LogP contribution < -0.4 is 0 Å². The van der Waals surface area contributed by atoms with E-state index in [1.165, 1.54) is 0 Å². The van der Waals surface area contributed by atoms with E-state index in [0.29, 0.717) is 6.04 Å². The van der Waals surface area contributed by atoms with Crippen LogP contribution in [0, 0.1) is 6.92 Å². The highest BCUT2D eigenvalue weighted by Gasteiger charge is 2.11. The molecule has 0 fully saturated rings. The summed E-state index contributed by atoms with van der Waals surface area (Å²) < 4.78 is 2.18. The lowest BCUT2D eigenvalue weighted by Gasteiger charge is -2.24. The predicted octanol–water partition coefficient (Wildman–Crippen LogP) is 2.17. The molecule has 0 aliphatic carbocycles. The Morgan fingerprint density at radius 2 is 2.29 bits per heavy atom. The second-order valence-corrected chi connectivity index (χ2v) is 5.09. The van der Waals surface area contributed by atoms with E-state index in [9.17, 15) is 0 Å². The third-order valence-electron chi connectivity index (χ3n) is 3.03. The number of likely N-dealkylation sites (N-methyl/N-ethyl adjacent to an activating group) is 1. The van der Waals surface area contributed by atoms with E-state index >= 15 is 0 Å². The van der Waals surface area contributed by atoms with Gasteiger partial charge in [-0.15, -0.1) is 11.3 Å². The van der Waals surface area contributed by atoms with Crippen molar-refractivity contribution >= 4 is 11.3 Å². The number of hydrogen-bond donors (Lipinski definition) is 0. The molecule has 0 aliphatic rings. The molecule has 0 saturated heterocycles. The highest BCUT2D eigenvalue weighted by Crippen LogP contribution is 2.09. The van der Waals surface area contributed by atoms with E-state index in [1.54, 1.807) is 11.3 Å². The minimum absolute atomic E-state index is 0.463. The van der Waals surface area contributed by atoms with Gasteiger partial charge in [-0.25, -0.2) is 9.97 Å². The average molecular weight is 250 g/mol. The molecule has 0 radical (unpaired) electrons. The van der Waals surface area contributed by atoms with Gasteiger partial charge in [0.2, 0.25) is 0 Å². The zero-order valence-corrected chi connectivity index (χ0v) is 11.3. The maximum Gasteiger partial charge on any atom is 0.105 e. The van der Waals surface area contributed by atoms with Gasteiger partial charge in [-0.1, -0.05) is 0 Å². The van der Waals surface area contributed by atoms with Gasteiger partial charge in [0.25, 0.3) is 0 Å². The Hall–Kier alpha value is -1.20. The Balaban J connectivity index is 1.91. The number of aryl methyl sites for hydroxylation is 1. The fraction of sp³-hybridized carbons (Fsp3) is 0.500. The van der Waals surface area contributed by atoms with Crippen LogP contribution in [-0.4, -0.2) is 32.5 Å². The van der Waals surface area contributed by atoms with Crippen LogP contribution in [0.2, 0.25) is 0 Å². The summed E-state index contributed by atoms with van der Waals surface area (Å²) in [6.45, 7) is 6.13. The van der Waals surface area contributed by atoms with Gasteiger partial charge in [-0.2, -0.15) is 0 Å². The number of hydrogen-bond acceptors (Lipinski definition) is 4. The van der Waals surface area contributed by atoms with Crippen molar-refractivity contribution in [2.75, 3.05) is 7.05 Å². The van der Waals surface area contributed by atoms with E-state index in [-0.39, 0.29) is 0 Å². The van der Waals surface area contributed by atoms with Crippen molar-refractivity contribution in [3.63, 3.8) is 0 Å². The summed E-state index contributed by atoms with van der Waals surface area (Å²) in [7, 11) is 2.14. The first-order chi connectivity index (χ1) is 8.16. The Labute approximate surface area is 106 Å². The van der Waals surface area contributed by atoms with Crippen molar-refractivity contribution in [1.82, 2.24) is 19.4 Å². The maximum atomic E-state index is 4.31. The van der Waals surface area contributed by atoms with Gasteiger partial charge in [0.05, 0.1) is 11.2 Å². The molecule has 2 aromatic rings. The molecule has 2 rings (SSSR count). The van der Waals surface area contributed by atoms with Crippen molar-refractivity contribution in [2.24, 2.45) is 0 Å². The Bertz CT molecular complexity index is 449. The summed E-state index contributed by atoms with van der Waals surface area (Å²) in [4.78, 5) is 10.9. The van der Waals surface area contributed by atoms with Crippen molar-refractivity contribution in [3.05, 3.63) is 34.8 Å². The molecule has 2 aromatic heterocycles. The standard InChI is InChI=1S/C12H18N4S/c1-10(6-16-5-4-13-11(16)2)15(3)7-12-8-17-9-14-12/h4-5,8-10H,6-7H2,1-3H3. The molecule has 92 valence electrons. The smallest absolute Gasteiger partial charge is 0.105 e. The summed E-state index contributed by atoms with van der Waals surface area (Å²) in [5.74, 6) is 1.07. The second kappa shape index (κ2) is 5.42. The lowest BCUT2D eigenvalue weighted by molar-refractivity contribution is 0.224. The molecule has 0 aromatic carbocycles. The van der Waals surface area contributed by atoms with Crippen LogP contribution in [0.15, 0.2) is 23.3 Å². The van der Waals surface area contributed by atoms with Crippen LogP contribution in [0.1, 0.15) is 18.4 Å². The highest BCUT2D eigenvalue weighted by molar-refractivity contribution is 7.07. The van der Waals surface area contributed by atoms with Crippen LogP contribution in [-0.2, 0) is 13.1 Å². The first-order valence-corrected chi connectivity index (χ1v) is 6.66. The first-order valence-electron chi connectivity index (χ1n) is 5.72. The van der Waals surface area contributed by atoms with Crippen LogP contribution in [0.4, 0.5) is 0 Å². The van der Waals surface area contributed by atoms with E-state index in [0.717, 1.165) is 24.6 Å². The number of aromatic nitrogens is 3. The molecule has 0 spiro atoms. The maximum absolute atomic E-state index is 4.31. The first kappa shape index (κ1) is 12.3. The van der Waals surface area contributed by atoms with Gasteiger partial charge in [-0.05, 0) is 20.9 Å².